The first-order valence-electron chi connectivity index (χ1n) is 4.55. The second-order valence-electron chi connectivity index (χ2n) is 3.14. The van der Waals surface area contributed by atoms with Crippen LogP contribution in [0.5, 0.6) is 0 Å². The minimum atomic E-state index is -0.667. The molecule has 1 N–H and O–H groups in total. The van der Waals surface area contributed by atoms with Crippen LogP contribution in [0, 0.1) is 0 Å². The lowest BCUT2D eigenvalue weighted by atomic mass is 10.1. The van der Waals surface area contributed by atoms with Crippen molar-refractivity contribution in [2.75, 3.05) is 0 Å². The Kier molecular flexibility index (Phi) is 3.30. The van der Waals surface area contributed by atoms with Gasteiger partial charge in [-0.1, -0.05) is 12.1 Å². The maximum atomic E-state index is 11.7. The van der Waals surface area contributed by atoms with Crippen molar-refractivity contribution < 1.29 is 9.90 Å². The maximum absolute atomic E-state index is 11.7. The zero-order valence-corrected chi connectivity index (χ0v) is 9.55. The summed E-state index contributed by atoms with van der Waals surface area (Å²) in [6.45, 7) is 0. The largest absolute Gasteiger partial charge is 0.387 e. The van der Waals surface area contributed by atoms with Gasteiger partial charge in [-0.15, -0.1) is 22.7 Å². The van der Waals surface area contributed by atoms with Crippen molar-refractivity contribution in [2.24, 2.45) is 0 Å². The Hall–Kier alpha value is -0.970. The molecule has 0 saturated carbocycles. The fourth-order valence-corrected chi connectivity index (χ4v) is 2.68. The van der Waals surface area contributed by atoms with Gasteiger partial charge in [-0.25, -0.2) is 0 Å². The van der Waals surface area contributed by atoms with Gasteiger partial charge in [0.15, 0.2) is 5.78 Å². The van der Waals surface area contributed by atoms with Gasteiger partial charge in [0.1, 0.15) is 0 Å². The molecule has 0 aliphatic heterocycles. The Morgan fingerprint density at radius 2 is 2.00 bits per heavy atom. The van der Waals surface area contributed by atoms with Crippen LogP contribution in [0.15, 0.2) is 35.0 Å². The molecular weight excluding hydrogens is 228 g/mol. The third-order valence-electron chi connectivity index (χ3n) is 2.05. The highest BCUT2D eigenvalue weighted by Gasteiger charge is 2.15. The van der Waals surface area contributed by atoms with E-state index in [9.17, 15) is 9.90 Å². The summed E-state index contributed by atoms with van der Waals surface area (Å²) < 4.78 is 0. The predicted octanol–water partition coefficient (Wildman–Crippen LogP) is 3.12. The molecule has 0 aliphatic rings. The molecular formula is C11H10O2S2. The molecule has 0 aliphatic carbocycles. The van der Waals surface area contributed by atoms with Gasteiger partial charge in [0.25, 0.3) is 0 Å². The Bertz CT molecular complexity index is 417. The Morgan fingerprint density at radius 3 is 2.60 bits per heavy atom. The van der Waals surface area contributed by atoms with Crippen LogP contribution in [0.1, 0.15) is 27.1 Å². The molecule has 0 radical (unpaired) electrons. The van der Waals surface area contributed by atoms with Crippen molar-refractivity contribution in [3.05, 3.63) is 44.8 Å². The van der Waals surface area contributed by atoms with E-state index in [-0.39, 0.29) is 12.2 Å². The summed E-state index contributed by atoms with van der Waals surface area (Å²) in [7, 11) is 0. The molecule has 2 aromatic rings. The lowest BCUT2D eigenvalue weighted by Gasteiger charge is -2.05. The highest BCUT2D eigenvalue weighted by Crippen LogP contribution is 2.24. The lowest BCUT2D eigenvalue weighted by Crippen LogP contribution is -2.04. The van der Waals surface area contributed by atoms with E-state index in [0.717, 1.165) is 4.88 Å². The van der Waals surface area contributed by atoms with Gasteiger partial charge in [-0.05, 0) is 22.9 Å². The average molecular weight is 238 g/mol. The number of rotatable bonds is 4. The van der Waals surface area contributed by atoms with E-state index in [0.29, 0.717) is 4.88 Å². The van der Waals surface area contributed by atoms with Gasteiger partial charge in [-0.2, -0.15) is 0 Å². The van der Waals surface area contributed by atoms with Gasteiger partial charge < -0.3 is 5.11 Å². The fourth-order valence-electron chi connectivity index (χ4n) is 1.29. The third kappa shape index (κ3) is 2.53. The van der Waals surface area contributed by atoms with Crippen LogP contribution in [0.25, 0.3) is 0 Å². The van der Waals surface area contributed by atoms with Gasteiger partial charge >= 0.3 is 0 Å². The molecule has 0 amide bonds. The topological polar surface area (TPSA) is 37.3 Å². The monoisotopic (exact) mass is 238 g/mol. The first-order valence-corrected chi connectivity index (χ1v) is 6.31. The number of hydrogen-bond donors (Lipinski definition) is 1. The average Bonchev–Trinajstić information content (AvgIpc) is 2.91. The SMILES string of the molecule is O=C(CC(O)c1cccs1)c1cccs1. The van der Waals surface area contributed by atoms with E-state index < -0.39 is 6.10 Å². The van der Waals surface area contributed by atoms with Gasteiger partial charge in [0, 0.05) is 11.3 Å². The molecule has 2 rings (SSSR count). The summed E-state index contributed by atoms with van der Waals surface area (Å²) >= 11 is 2.88. The van der Waals surface area contributed by atoms with Crippen molar-refractivity contribution in [1.29, 1.82) is 0 Å². The normalized spacial score (nSPS) is 12.6. The van der Waals surface area contributed by atoms with E-state index in [4.69, 9.17) is 0 Å². The van der Waals surface area contributed by atoms with Crippen LogP contribution < -0.4 is 0 Å². The molecule has 15 heavy (non-hydrogen) atoms. The summed E-state index contributed by atoms with van der Waals surface area (Å²) in [5, 5.41) is 13.5. The minimum absolute atomic E-state index is 0.00546. The van der Waals surface area contributed by atoms with Crippen molar-refractivity contribution in [2.45, 2.75) is 12.5 Å². The van der Waals surface area contributed by atoms with Gasteiger partial charge in [-0.3, -0.25) is 4.79 Å². The van der Waals surface area contributed by atoms with E-state index in [1.165, 1.54) is 22.7 Å². The number of thiophene rings is 2. The number of carbonyl (C=O) groups excluding carboxylic acids is 1. The van der Waals surface area contributed by atoms with E-state index >= 15 is 0 Å². The molecule has 2 aromatic heterocycles. The van der Waals surface area contributed by atoms with Gasteiger partial charge in [0.2, 0.25) is 0 Å². The number of aliphatic hydroxyl groups is 1. The van der Waals surface area contributed by atoms with Crippen molar-refractivity contribution in [3.8, 4) is 0 Å². The molecule has 78 valence electrons. The number of ketones is 1. The first kappa shape index (κ1) is 10.5. The van der Waals surface area contributed by atoms with Crippen LogP contribution in [0.3, 0.4) is 0 Å². The summed E-state index contributed by atoms with van der Waals surface area (Å²) in [6.07, 6.45) is -0.499. The predicted molar refractivity (Wildman–Crippen MR) is 62.5 cm³/mol. The molecule has 0 bridgehead atoms. The second kappa shape index (κ2) is 4.70. The number of carbonyl (C=O) groups is 1. The van der Waals surface area contributed by atoms with Crippen molar-refractivity contribution in [1.82, 2.24) is 0 Å². The van der Waals surface area contributed by atoms with Crippen LogP contribution >= 0.6 is 22.7 Å². The van der Waals surface area contributed by atoms with Gasteiger partial charge in [0.05, 0.1) is 11.0 Å². The molecule has 2 heterocycles. The van der Waals surface area contributed by atoms with E-state index in [1.54, 1.807) is 6.07 Å². The molecule has 0 fully saturated rings. The molecule has 2 nitrogen and oxygen atoms in total. The number of hydrogen-bond acceptors (Lipinski definition) is 4. The number of Topliss-reactive ketones (excluding diaryl/α,β-unsaturated/α-hetero) is 1. The van der Waals surface area contributed by atoms with Crippen LogP contribution in [0.4, 0.5) is 0 Å². The molecule has 0 spiro atoms. The highest BCUT2D eigenvalue weighted by atomic mass is 32.1. The smallest absolute Gasteiger partial charge is 0.175 e. The molecule has 1 atom stereocenters. The van der Waals surface area contributed by atoms with Crippen LogP contribution in [-0.4, -0.2) is 10.9 Å². The quantitative estimate of drug-likeness (QED) is 0.831. The Balaban J connectivity index is 2.01. The fraction of sp³-hybridized carbons (Fsp3) is 0.182. The first-order chi connectivity index (χ1) is 7.27. The molecule has 0 aromatic carbocycles. The molecule has 4 heteroatoms. The van der Waals surface area contributed by atoms with Crippen molar-refractivity contribution >= 4 is 28.5 Å². The summed E-state index contributed by atoms with van der Waals surface area (Å²) in [4.78, 5) is 13.2. The highest BCUT2D eigenvalue weighted by molar-refractivity contribution is 7.12. The maximum Gasteiger partial charge on any atom is 0.175 e. The third-order valence-corrected chi connectivity index (χ3v) is 3.93. The zero-order chi connectivity index (χ0) is 10.7. The molecule has 1 unspecified atom stereocenters. The number of aliphatic hydroxyl groups excluding tert-OH is 1. The van der Waals surface area contributed by atoms with Crippen LogP contribution in [0.2, 0.25) is 0 Å². The summed E-state index contributed by atoms with van der Waals surface area (Å²) in [5.74, 6) is 0.00546. The second-order valence-corrected chi connectivity index (χ2v) is 5.06. The Morgan fingerprint density at radius 1 is 1.27 bits per heavy atom. The summed E-state index contributed by atoms with van der Waals surface area (Å²) in [5.41, 5.74) is 0. The minimum Gasteiger partial charge on any atom is -0.387 e. The molecule has 0 saturated heterocycles. The van der Waals surface area contributed by atoms with Crippen molar-refractivity contribution in [3.63, 3.8) is 0 Å². The van der Waals surface area contributed by atoms with E-state index in [1.807, 2.05) is 29.0 Å². The Labute approximate surface area is 95.8 Å². The lowest BCUT2D eigenvalue weighted by molar-refractivity contribution is 0.0888. The van der Waals surface area contributed by atoms with E-state index in [2.05, 4.69) is 0 Å². The zero-order valence-electron chi connectivity index (χ0n) is 7.92. The van der Waals surface area contributed by atoms with Crippen LogP contribution in [-0.2, 0) is 0 Å². The summed E-state index contributed by atoms with van der Waals surface area (Å²) in [6, 6.07) is 7.35. The standard InChI is InChI=1S/C11H10O2S2/c12-8(10-3-1-5-14-10)7-9(13)11-4-2-6-15-11/h1-6,8,12H,7H2.